The summed E-state index contributed by atoms with van der Waals surface area (Å²) in [6.07, 6.45) is 10.1. The molecule has 0 spiro atoms. The van der Waals surface area contributed by atoms with Crippen LogP contribution in [-0.2, 0) is 56.1 Å². The fourth-order valence-electron chi connectivity index (χ4n) is 8.96. The molecular weight excluding hydrogens is 885 g/mol. The molecule has 1 atom stereocenters. The molecule has 0 aromatic heterocycles. The summed E-state index contributed by atoms with van der Waals surface area (Å²) in [5, 5.41) is 1.83. The number of allylic oxidation sites excluding steroid dienone is 6. The predicted molar refractivity (Wildman–Crippen MR) is 235 cm³/mol. The number of anilines is 1. The molecule has 4 aromatic carbocycles. The van der Waals surface area contributed by atoms with Crippen LogP contribution in [0.5, 0.6) is 5.75 Å². The summed E-state index contributed by atoms with van der Waals surface area (Å²) in [5.74, 6) is -0.649. The summed E-state index contributed by atoms with van der Waals surface area (Å²) in [6, 6.07) is 13.9. The van der Waals surface area contributed by atoms with E-state index in [0.717, 1.165) is 33.8 Å². The Kier molecular flexibility index (Phi) is 12.8. The zero-order valence-corrected chi connectivity index (χ0v) is 37.5. The van der Waals surface area contributed by atoms with Crippen molar-refractivity contribution < 1.29 is 66.0 Å². The maximum absolute atomic E-state index is 12.6. The summed E-state index contributed by atoms with van der Waals surface area (Å²) in [5.41, 5.74) is 2.58. The van der Waals surface area contributed by atoms with E-state index >= 15 is 0 Å². The van der Waals surface area contributed by atoms with Gasteiger partial charge in [0.25, 0.3) is 46.9 Å². The molecule has 2 aliphatic rings. The van der Waals surface area contributed by atoms with Gasteiger partial charge in [-0.1, -0.05) is 43.7 Å². The van der Waals surface area contributed by atoms with Gasteiger partial charge in [-0.2, -0.15) is 38.2 Å². The van der Waals surface area contributed by atoms with Crippen molar-refractivity contribution in [3.63, 3.8) is 0 Å². The van der Waals surface area contributed by atoms with Gasteiger partial charge in [0.1, 0.15) is 17.2 Å². The summed E-state index contributed by atoms with van der Waals surface area (Å²) in [6.45, 7) is 8.50. The minimum Gasteiger partial charge on any atom is -0.429 e. The molecule has 0 saturated carbocycles. The van der Waals surface area contributed by atoms with Gasteiger partial charge in [-0.25, -0.2) is 0 Å². The smallest absolute Gasteiger partial charge is 0.298 e. The first-order valence-corrected chi connectivity index (χ1v) is 25.5. The maximum atomic E-state index is 12.6. The Balaban J connectivity index is 1.47. The quantitative estimate of drug-likeness (QED) is 0.0380. The maximum Gasteiger partial charge on any atom is 0.298 e. The minimum absolute atomic E-state index is 0.000512. The highest BCUT2D eigenvalue weighted by Crippen LogP contribution is 2.54. The zero-order valence-electron chi connectivity index (χ0n) is 34.2. The van der Waals surface area contributed by atoms with Gasteiger partial charge in [-0.15, -0.1) is 0 Å². The van der Waals surface area contributed by atoms with Crippen LogP contribution < -0.4 is 9.64 Å². The number of hydrogen-bond donors (Lipinski definition) is 4. The zero-order chi connectivity index (χ0) is 45.6. The largest absolute Gasteiger partial charge is 0.429 e. The molecule has 0 aliphatic carbocycles. The molecule has 0 amide bonds. The number of fused-ring (bicyclic) bond motifs is 6. The lowest BCUT2D eigenvalue weighted by molar-refractivity contribution is -0.437. The molecular formula is C42H47N2O14S4+. The summed E-state index contributed by atoms with van der Waals surface area (Å²) >= 11 is 0. The van der Waals surface area contributed by atoms with E-state index in [1.807, 2.05) is 61.4 Å². The third kappa shape index (κ3) is 9.42. The van der Waals surface area contributed by atoms with Crippen LogP contribution in [-0.4, -0.2) is 93.2 Å². The molecule has 0 fully saturated rings. The molecule has 4 aromatic rings. The first kappa shape index (κ1) is 46.7. The third-order valence-electron chi connectivity index (χ3n) is 11.4. The lowest BCUT2D eigenvalue weighted by Crippen LogP contribution is -2.30. The molecule has 62 heavy (non-hydrogen) atoms. The standard InChI is InChI=1S/C42H46N2O14S4/c1-5-19-42(4)38(44(21-10-23-60(49,50)51)35-18-16-32-33(40(35)42)25-30(61(52,53)54)26-36(32)62(55,56)57)12-8-6-7-11-37-41(2,3)39-31-15-14-29(58-27-45)24-28(31)13-17-34(39)43(37)20-9-22-59(46,47)48/h6-8,11-18,24-27H,5,9-10,19-23H2,1-4H3,(H3-,46,47,48,49,50,51,52,53,54,55,56,57)/p+1. The number of hydrogen-bond acceptors (Lipinski definition) is 11. The fourth-order valence-corrected chi connectivity index (χ4v) is 11.3. The molecule has 2 heterocycles. The highest BCUT2D eigenvalue weighted by atomic mass is 32.2. The summed E-state index contributed by atoms with van der Waals surface area (Å²) < 4.78 is 143. The lowest BCUT2D eigenvalue weighted by Gasteiger charge is -2.30. The molecule has 2 aliphatic heterocycles. The van der Waals surface area contributed by atoms with Crippen LogP contribution in [0.25, 0.3) is 21.5 Å². The topological polar surface area (TPSA) is 250 Å². The van der Waals surface area contributed by atoms with Crippen molar-refractivity contribution in [2.24, 2.45) is 0 Å². The number of carbonyl (C=O) groups is 1. The van der Waals surface area contributed by atoms with Gasteiger partial charge in [0, 0.05) is 52.9 Å². The molecule has 0 radical (unpaired) electrons. The molecule has 0 bridgehead atoms. The highest BCUT2D eigenvalue weighted by molar-refractivity contribution is 7.87. The van der Waals surface area contributed by atoms with Gasteiger partial charge >= 0.3 is 0 Å². The molecule has 4 N–H and O–H groups in total. The normalized spacial score (nSPS) is 18.8. The molecule has 1 unspecified atom stereocenters. The Morgan fingerprint density at radius 2 is 1.42 bits per heavy atom. The van der Waals surface area contributed by atoms with E-state index in [1.54, 1.807) is 42.5 Å². The van der Waals surface area contributed by atoms with E-state index in [1.165, 1.54) is 6.07 Å². The van der Waals surface area contributed by atoms with Gasteiger partial charge in [-0.05, 0) is 97.8 Å². The number of ether oxygens (including phenoxy) is 1. The second-order valence-corrected chi connectivity index (χ2v) is 21.9. The SMILES string of the molecule is CCCC1(C)\C(=C/C=C/C=C/C2=[N+](CCCS(=O)(=O)O)c3ccc4cc(OC=O)ccc4c3C2(C)C)N(CCCS(=O)(=O)O)c2ccc3c(S(=O)(=O)O)cc(S(=O)(=O)O)cc3c21. The van der Waals surface area contributed by atoms with Crippen molar-refractivity contribution in [2.75, 3.05) is 29.5 Å². The monoisotopic (exact) mass is 931 g/mol. The van der Waals surface area contributed by atoms with E-state index in [0.29, 0.717) is 48.1 Å². The molecule has 0 saturated heterocycles. The van der Waals surface area contributed by atoms with Crippen molar-refractivity contribution in [2.45, 2.75) is 74.0 Å². The number of rotatable bonds is 17. The Labute approximate surface area is 360 Å². The van der Waals surface area contributed by atoms with Crippen LogP contribution in [0.4, 0.5) is 11.4 Å². The van der Waals surface area contributed by atoms with Crippen LogP contribution in [0.1, 0.15) is 64.5 Å². The first-order chi connectivity index (χ1) is 28.8. The Morgan fingerprint density at radius 3 is 2.05 bits per heavy atom. The second kappa shape index (κ2) is 17.1. The van der Waals surface area contributed by atoms with E-state index in [9.17, 15) is 56.7 Å². The van der Waals surface area contributed by atoms with Crippen LogP contribution in [0.2, 0.25) is 0 Å². The van der Waals surface area contributed by atoms with Crippen molar-refractivity contribution in [3.05, 3.63) is 102 Å². The fraction of sp³-hybridized carbons (Fsp3) is 0.333. The van der Waals surface area contributed by atoms with Crippen LogP contribution >= 0.6 is 0 Å². The Bertz CT molecular complexity index is 3080. The van der Waals surface area contributed by atoms with Gasteiger partial charge in [-0.3, -0.25) is 23.0 Å². The average molecular weight is 932 g/mol. The second-order valence-electron chi connectivity index (χ2n) is 16.0. The van der Waals surface area contributed by atoms with E-state index in [4.69, 9.17) is 4.74 Å². The third-order valence-corrected chi connectivity index (χ3v) is 14.7. The Hall–Kier alpha value is -4.80. The number of benzene rings is 4. The van der Waals surface area contributed by atoms with Gasteiger partial charge in [0.05, 0.1) is 21.8 Å². The summed E-state index contributed by atoms with van der Waals surface area (Å²) in [7, 11) is -18.5. The van der Waals surface area contributed by atoms with Crippen molar-refractivity contribution in [3.8, 4) is 5.75 Å². The van der Waals surface area contributed by atoms with E-state index in [2.05, 4.69) is 0 Å². The van der Waals surface area contributed by atoms with E-state index in [-0.39, 0.29) is 36.7 Å². The van der Waals surface area contributed by atoms with Gasteiger partial charge in [0.2, 0.25) is 5.69 Å². The van der Waals surface area contributed by atoms with Crippen molar-refractivity contribution >= 4 is 85.6 Å². The van der Waals surface area contributed by atoms with E-state index < -0.39 is 72.6 Å². The molecule has 20 heteroatoms. The van der Waals surface area contributed by atoms with Crippen molar-refractivity contribution in [1.82, 2.24) is 0 Å². The van der Waals surface area contributed by atoms with Crippen molar-refractivity contribution in [1.29, 1.82) is 0 Å². The number of carbonyl (C=O) groups excluding carboxylic acids is 1. The predicted octanol–water partition coefficient (Wildman–Crippen LogP) is 6.53. The van der Waals surface area contributed by atoms with Crippen LogP contribution in [0.3, 0.4) is 0 Å². The number of nitrogens with zero attached hydrogens (tertiary/aromatic N) is 2. The van der Waals surface area contributed by atoms with Gasteiger partial charge < -0.3 is 9.64 Å². The lowest BCUT2D eigenvalue weighted by atomic mass is 9.76. The highest BCUT2D eigenvalue weighted by Gasteiger charge is 2.46. The Morgan fingerprint density at radius 1 is 0.742 bits per heavy atom. The minimum atomic E-state index is -5.00. The molecule has 332 valence electrons. The van der Waals surface area contributed by atoms with Crippen LogP contribution in [0.15, 0.2) is 100 Å². The average Bonchev–Trinajstić information content (AvgIpc) is 3.52. The summed E-state index contributed by atoms with van der Waals surface area (Å²) in [4.78, 5) is 11.4. The van der Waals surface area contributed by atoms with Crippen LogP contribution in [0, 0.1) is 0 Å². The van der Waals surface area contributed by atoms with Gasteiger partial charge in [0.15, 0.2) is 5.71 Å². The molecule has 16 nitrogen and oxygen atoms in total. The molecule has 6 rings (SSSR count). The first-order valence-electron chi connectivity index (χ1n) is 19.4.